The molecular formula is C28H31Cl2FN6O4. The first-order valence-corrected chi connectivity index (χ1v) is 12.1. The van der Waals surface area contributed by atoms with E-state index in [1.54, 1.807) is 35.0 Å². The molecule has 0 saturated carbocycles. The number of hydrogen-bond acceptors (Lipinski definition) is 6. The van der Waals surface area contributed by atoms with Gasteiger partial charge in [-0.25, -0.2) is 13.9 Å². The summed E-state index contributed by atoms with van der Waals surface area (Å²) in [5.41, 5.74) is 1.86. The average molecular weight is 605 g/mol. The molecule has 0 aliphatic heterocycles. The molecule has 10 nitrogen and oxygen atoms in total. The third kappa shape index (κ3) is 8.16. The second-order valence-corrected chi connectivity index (χ2v) is 9.68. The lowest BCUT2D eigenvalue weighted by Crippen LogP contribution is -2.22. The summed E-state index contributed by atoms with van der Waals surface area (Å²) >= 11 is 0. The Morgan fingerprint density at radius 2 is 1.73 bits per heavy atom. The van der Waals surface area contributed by atoms with Gasteiger partial charge in [-0.15, -0.1) is 24.8 Å². The van der Waals surface area contributed by atoms with E-state index in [1.807, 2.05) is 20.8 Å². The second kappa shape index (κ2) is 13.9. The number of carbonyl (C=O) groups excluding carboxylic acids is 2. The zero-order valence-corrected chi connectivity index (χ0v) is 24.4. The van der Waals surface area contributed by atoms with E-state index in [0.29, 0.717) is 22.8 Å². The maximum Gasteiger partial charge on any atom is 0.324 e. The van der Waals surface area contributed by atoms with Crippen LogP contribution >= 0.6 is 24.8 Å². The zero-order valence-electron chi connectivity index (χ0n) is 22.8. The summed E-state index contributed by atoms with van der Waals surface area (Å²) in [6.45, 7) is 5.86. The number of halogens is 3. The Kier molecular flexibility index (Phi) is 11.2. The molecule has 3 amide bonds. The molecule has 4 rings (SSSR count). The molecule has 0 atom stereocenters. The monoisotopic (exact) mass is 604 g/mol. The lowest BCUT2D eigenvalue weighted by Gasteiger charge is -2.14. The molecule has 0 spiro atoms. The fourth-order valence-corrected chi connectivity index (χ4v) is 3.61. The van der Waals surface area contributed by atoms with Gasteiger partial charge in [-0.05, 0) is 35.9 Å². The van der Waals surface area contributed by atoms with E-state index >= 15 is 0 Å². The van der Waals surface area contributed by atoms with Gasteiger partial charge in [0.2, 0.25) is 0 Å². The number of rotatable bonds is 7. The number of urea groups is 1. The van der Waals surface area contributed by atoms with Crippen LogP contribution in [0.1, 0.15) is 42.5 Å². The van der Waals surface area contributed by atoms with Crippen molar-refractivity contribution >= 4 is 48.3 Å². The fourth-order valence-electron chi connectivity index (χ4n) is 3.61. The number of nitrogens with zero attached hydrogens (tertiary/aromatic N) is 3. The van der Waals surface area contributed by atoms with Gasteiger partial charge >= 0.3 is 6.03 Å². The second-order valence-electron chi connectivity index (χ2n) is 9.68. The fraction of sp³-hybridized carbons (Fsp3) is 0.214. The molecule has 2 heterocycles. The van der Waals surface area contributed by atoms with E-state index in [2.05, 4.69) is 26.0 Å². The van der Waals surface area contributed by atoms with Gasteiger partial charge in [0, 0.05) is 36.9 Å². The molecule has 2 aromatic heterocycles. The van der Waals surface area contributed by atoms with Crippen molar-refractivity contribution in [2.24, 2.45) is 0 Å². The molecule has 0 fully saturated rings. The van der Waals surface area contributed by atoms with Crippen LogP contribution in [-0.2, 0) is 12.0 Å². The third-order valence-electron chi connectivity index (χ3n) is 5.67. The lowest BCUT2D eigenvalue weighted by atomic mass is 9.92. The van der Waals surface area contributed by atoms with E-state index < -0.39 is 11.8 Å². The molecule has 4 aromatic rings. The molecular weight excluding hydrogens is 574 g/mol. The number of hydrogen-bond donors (Lipinski definition) is 4. The van der Waals surface area contributed by atoms with Gasteiger partial charge in [0.05, 0.1) is 23.7 Å². The van der Waals surface area contributed by atoms with Crippen molar-refractivity contribution in [1.29, 1.82) is 0 Å². The molecule has 41 heavy (non-hydrogen) atoms. The third-order valence-corrected chi connectivity index (χ3v) is 5.67. The normalized spacial score (nSPS) is 10.6. The number of ether oxygens (including phenoxy) is 1. The Morgan fingerprint density at radius 1 is 1.00 bits per heavy atom. The van der Waals surface area contributed by atoms with Gasteiger partial charge in [0.1, 0.15) is 28.8 Å². The Balaban J connectivity index is 0.00000294. The molecule has 0 bridgehead atoms. The summed E-state index contributed by atoms with van der Waals surface area (Å²) in [5.74, 6) is -0.256. The van der Waals surface area contributed by atoms with Crippen molar-refractivity contribution in [3.05, 3.63) is 89.6 Å². The molecule has 0 radical (unpaired) electrons. The molecule has 0 saturated heterocycles. The maximum absolute atomic E-state index is 14.9. The zero-order chi connectivity index (χ0) is 28.2. The van der Waals surface area contributed by atoms with Gasteiger partial charge < -0.3 is 20.5 Å². The predicted molar refractivity (Wildman–Crippen MR) is 159 cm³/mol. The van der Waals surface area contributed by atoms with E-state index in [0.717, 1.165) is 11.8 Å². The number of benzene rings is 2. The van der Waals surface area contributed by atoms with E-state index in [9.17, 15) is 19.1 Å². The number of carbonyl (C=O) groups is 2. The van der Waals surface area contributed by atoms with Crippen LogP contribution in [0.15, 0.2) is 66.9 Å². The van der Waals surface area contributed by atoms with Crippen LogP contribution < -0.4 is 20.7 Å². The molecule has 0 unspecified atom stereocenters. The van der Waals surface area contributed by atoms with Crippen molar-refractivity contribution in [2.75, 3.05) is 17.7 Å². The van der Waals surface area contributed by atoms with E-state index in [-0.39, 0.29) is 59.9 Å². The largest absolute Gasteiger partial charge is 0.457 e. The Morgan fingerprint density at radius 3 is 2.39 bits per heavy atom. The maximum atomic E-state index is 14.9. The Hall–Kier alpha value is -4.19. The van der Waals surface area contributed by atoms with Gasteiger partial charge in [-0.1, -0.05) is 32.9 Å². The molecule has 0 aliphatic rings. The highest BCUT2D eigenvalue weighted by atomic mass is 35.5. The average Bonchev–Trinajstić information content (AvgIpc) is 3.34. The van der Waals surface area contributed by atoms with Crippen molar-refractivity contribution in [1.82, 2.24) is 20.1 Å². The molecule has 2 aromatic carbocycles. The van der Waals surface area contributed by atoms with Gasteiger partial charge in [-0.3, -0.25) is 15.1 Å². The SMILES string of the molecule is CNC(=O)c1cc(Oc2ccc(NC(=O)Nc3cc(C(C)(C)C)nn3-c3cccc(CO)c3)c(F)c2)ccn1.Cl.Cl. The number of aliphatic hydroxyl groups excluding tert-OH is 1. The van der Waals surface area contributed by atoms with Crippen LogP contribution in [0.4, 0.5) is 20.7 Å². The summed E-state index contributed by atoms with van der Waals surface area (Å²) in [5, 5.41) is 21.9. The molecule has 0 aliphatic carbocycles. The first-order valence-electron chi connectivity index (χ1n) is 12.1. The van der Waals surface area contributed by atoms with Gasteiger partial charge in [-0.2, -0.15) is 5.10 Å². The molecule has 13 heteroatoms. The van der Waals surface area contributed by atoms with Crippen LogP contribution in [0.2, 0.25) is 0 Å². The summed E-state index contributed by atoms with van der Waals surface area (Å²) < 4.78 is 22.1. The minimum atomic E-state index is -0.720. The molecule has 4 N–H and O–H groups in total. The highest BCUT2D eigenvalue weighted by molar-refractivity contribution is 5.99. The Labute approximate surface area is 249 Å². The minimum Gasteiger partial charge on any atom is -0.457 e. The van der Waals surface area contributed by atoms with Gasteiger partial charge in [0.15, 0.2) is 0 Å². The number of pyridine rings is 1. The first-order chi connectivity index (χ1) is 18.6. The smallest absolute Gasteiger partial charge is 0.324 e. The number of amides is 3. The summed E-state index contributed by atoms with van der Waals surface area (Å²) in [4.78, 5) is 28.6. The number of anilines is 2. The standard InChI is InChI=1S/C28H29FN6O4.2ClH/c1-28(2,3)24-15-25(35(34-24)18-7-5-6-17(12-18)16-36)33-27(38)32-22-9-8-19(13-21(22)29)39-20-10-11-31-23(14-20)26(37)30-4;;/h5-15,36H,16H2,1-4H3,(H,30,37)(H2,32,33,38);2*1H. The highest BCUT2D eigenvalue weighted by Gasteiger charge is 2.22. The summed E-state index contributed by atoms with van der Waals surface area (Å²) in [6.07, 6.45) is 1.41. The Bertz CT molecular complexity index is 1520. The van der Waals surface area contributed by atoms with Crippen LogP contribution in [0.5, 0.6) is 11.5 Å². The van der Waals surface area contributed by atoms with Crippen LogP contribution in [0.3, 0.4) is 0 Å². The van der Waals surface area contributed by atoms with Crippen molar-refractivity contribution < 1.29 is 23.8 Å². The van der Waals surface area contributed by atoms with Gasteiger partial charge in [0.25, 0.3) is 5.91 Å². The van der Waals surface area contributed by atoms with Crippen molar-refractivity contribution in [3.63, 3.8) is 0 Å². The van der Waals surface area contributed by atoms with Crippen LogP contribution in [0.25, 0.3) is 5.69 Å². The summed E-state index contributed by atoms with van der Waals surface area (Å²) in [6, 6.07) is 15.2. The highest BCUT2D eigenvalue weighted by Crippen LogP contribution is 2.28. The summed E-state index contributed by atoms with van der Waals surface area (Å²) in [7, 11) is 1.49. The van der Waals surface area contributed by atoms with E-state index in [1.165, 1.54) is 37.5 Å². The first kappa shape index (κ1) is 33.0. The lowest BCUT2D eigenvalue weighted by molar-refractivity contribution is 0.0957. The van der Waals surface area contributed by atoms with Crippen molar-refractivity contribution in [3.8, 4) is 17.2 Å². The minimum absolute atomic E-state index is 0. The molecule has 218 valence electrons. The van der Waals surface area contributed by atoms with Crippen LogP contribution in [0, 0.1) is 5.82 Å². The quantitative estimate of drug-likeness (QED) is 0.210. The number of aromatic nitrogens is 3. The van der Waals surface area contributed by atoms with Crippen molar-refractivity contribution in [2.45, 2.75) is 32.8 Å². The van der Waals surface area contributed by atoms with E-state index in [4.69, 9.17) is 4.74 Å². The topological polar surface area (TPSA) is 130 Å². The van der Waals surface area contributed by atoms with Crippen LogP contribution in [-0.4, -0.2) is 38.9 Å². The number of nitrogens with one attached hydrogen (secondary N) is 3. The number of aliphatic hydroxyl groups is 1. The predicted octanol–water partition coefficient (Wildman–Crippen LogP) is 5.84.